The molecule has 0 saturated carbocycles. The van der Waals surface area contributed by atoms with E-state index in [1.807, 2.05) is 41.8 Å². The summed E-state index contributed by atoms with van der Waals surface area (Å²) >= 11 is 0. The van der Waals surface area contributed by atoms with Gasteiger partial charge in [-0.1, -0.05) is 91.7 Å². The predicted octanol–water partition coefficient (Wildman–Crippen LogP) is 2.15. The molecule has 1 saturated heterocycles. The van der Waals surface area contributed by atoms with Gasteiger partial charge >= 0.3 is 60.3 Å². The fourth-order valence-corrected chi connectivity index (χ4v) is 17.5. The minimum atomic E-state index is -5.44. The number of unbranched alkanes of at least 4 members (excludes halogenated alkanes) is 3. The van der Waals surface area contributed by atoms with E-state index in [2.05, 4.69) is 28.2 Å². The van der Waals surface area contributed by atoms with Crippen molar-refractivity contribution in [3.05, 3.63) is 162 Å². The Morgan fingerprint density at radius 3 is 1.41 bits per heavy atom. The molecule has 49 nitrogen and oxygen atoms in total. The van der Waals surface area contributed by atoms with Crippen LogP contribution in [0.25, 0.3) is 98.1 Å². The third-order valence-corrected chi connectivity index (χ3v) is 24.0. The molecule has 10 aromatic carbocycles. The first-order valence-corrected chi connectivity index (χ1v) is 48.0. The molecule has 720 valence electrons. The number of carbonyl (C=O) groups excluding carboxylic acids is 6. The summed E-state index contributed by atoms with van der Waals surface area (Å²) in [6.45, 7) is 0.325. The summed E-state index contributed by atoms with van der Waals surface area (Å²) in [4.78, 5) is 107. The molecule has 10 aromatic rings. The van der Waals surface area contributed by atoms with Crippen LogP contribution in [0.1, 0.15) is 96.9 Å². The number of carboxylic acid groups (broad SMARTS) is 3. The lowest BCUT2D eigenvalue weighted by molar-refractivity contribution is -0.139. The molecule has 3 aliphatic rings. The zero-order chi connectivity index (χ0) is 101. The van der Waals surface area contributed by atoms with Crippen molar-refractivity contribution in [3.63, 3.8) is 0 Å². The Morgan fingerprint density at radius 2 is 0.941 bits per heavy atom. The molecule has 135 heavy (non-hydrogen) atoms. The van der Waals surface area contributed by atoms with Gasteiger partial charge in [0.2, 0.25) is 11.8 Å². The highest BCUT2D eigenvalue weighted by molar-refractivity contribution is 7.87. The summed E-state index contributed by atoms with van der Waals surface area (Å²) in [5.74, 6) is 7.00. The number of nitrogens with one attached hydrogen (secondary N) is 6. The van der Waals surface area contributed by atoms with Gasteiger partial charge in [-0.2, -0.15) is 25.3 Å². The Balaban J connectivity index is 0.000000259. The molecule has 0 bridgehead atoms. The molecule has 57 heteroatoms. The fourth-order valence-electron chi connectivity index (χ4n) is 14.7. The number of fused-ring (bicyclic) bond motifs is 2. The van der Waals surface area contributed by atoms with E-state index >= 15 is 0 Å². The number of piperidine rings is 1. The molecule has 0 spiro atoms. The highest BCUT2D eigenvalue weighted by atomic mass is 32.2. The van der Waals surface area contributed by atoms with Gasteiger partial charge in [0.05, 0.1) is 16.6 Å². The first-order valence-electron chi connectivity index (χ1n) is 38.2. The molecule has 6 amide bonds. The van der Waals surface area contributed by atoms with Crippen LogP contribution in [-0.4, -0.2) is 208 Å². The first-order chi connectivity index (χ1) is 63.2. The van der Waals surface area contributed by atoms with Gasteiger partial charge in [-0.15, -0.1) is 50.5 Å². The van der Waals surface area contributed by atoms with Gasteiger partial charge in [0.15, 0.2) is 22.8 Å². The van der Waals surface area contributed by atoms with Gasteiger partial charge in [-0.25, -0.2) is 30.7 Å². The number of hydrogen-bond donors (Lipinski definition) is 16. The normalized spacial score (nSPS) is 12.5. The largest absolute Gasteiger partial charge is 0.744 e. The summed E-state index contributed by atoms with van der Waals surface area (Å²) in [5.41, 5.74) is 9.61. The highest BCUT2D eigenvalue weighted by Crippen LogP contribution is 2.47. The standard InChI is InChI=1S/C29H30N4O9S.C26H23N5O13S2.C23H24N2O4S.4O3S/c30-32-29(38)21(7-10-25(35)36)31-28(37)18-11-13-33(14-12-18)24(34)15-42-22-8-3-16-1-2-17-4-9-23(43(39,40)41)20-6-5-19(22)26(16)27(17)20;27-15-5-3-12-19(13-4-6-16(28)23(46(41,42)43)21(13)44-20(12)22(15)45(38,39)40)11-2-1-10(9-14(11)26(36)37)24(34)30-17(25(35)31-29)7-8-18(32)33;24-25-21(26)6-4-2-1-3-5-15-7-8-16-9-10-17-11-14-20(30(27,28)29)19-13-12-18(15)22(16)23(17)19;4*1-4(2)3/h1-6,8-9,18,21H,7,10-15,30H2,(H,31,37)(H,32,38)(H,35,36)(H,39,40,41);1-6,9,17,27H,7-8,28-29H2,(H,30,34)(H,31,35)(H,32,33)(H,36,37)(H,38,39,40)(H,41,42,43);7-14H,1-6,24H2,(H,25,26)(H,27,28,29);;;;/p-1. The second kappa shape index (κ2) is 46.9. The lowest BCUT2D eigenvalue weighted by Crippen LogP contribution is -2.52. The average molecular weight is 2030 g/mol. The van der Waals surface area contributed by atoms with Crippen LogP contribution in [0.3, 0.4) is 0 Å². The molecule has 2 aliphatic heterocycles. The summed E-state index contributed by atoms with van der Waals surface area (Å²) in [6, 6.07) is 33.6. The zero-order valence-corrected chi connectivity index (χ0v) is 75.4. The van der Waals surface area contributed by atoms with E-state index in [9.17, 15) is 100 Å². The smallest absolute Gasteiger partial charge is 0.425 e. The number of rotatable bonds is 28. The highest BCUT2D eigenvalue weighted by Gasteiger charge is 2.35. The number of carbonyl (C=O) groups is 9. The fraction of sp³-hybridized carbons (Fsp3) is 0.231. The molecular weight excluding hydrogens is 1960 g/mol. The van der Waals surface area contributed by atoms with Crippen molar-refractivity contribution in [2.45, 2.75) is 109 Å². The molecule has 13 rings (SSSR count). The Morgan fingerprint density at radius 1 is 0.504 bits per heavy atom. The molecular formula is C78H76N11O38S8-. The molecule has 2 unspecified atom stereocenters. The van der Waals surface area contributed by atoms with E-state index in [4.69, 9.17) is 98.5 Å². The molecule has 1 fully saturated rings. The molecule has 2 heterocycles. The SMILES string of the molecule is N=c1ccc2c(-c3ccc(C(=O)NC(CCC(=O)O)C(=O)NN)cc3C(=O)O)c3ccc(N)c(S(=O)(=O)[O-])c3oc-2c1S(=O)(=O)O.NNC(=O)C(CCC(=O)O)NC(=O)C1CCN(C(=O)COc2ccc3ccc4ccc(S(=O)(=O)O)c5ccc2c3c45)CC1.NNC(=O)CCCCCCc1ccc2ccc3ccc(S(=O)(=O)O)c4ccc1c2c34.O=S(=O)=O.O=S(=O)=O.O=S(=O)=O.O=S(=O)=O. The van der Waals surface area contributed by atoms with E-state index in [1.54, 1.807) is 46.7 Å². The van der Waals surface area contributed by atoms with Gasteiger partial charge in [-0.05, 0) is 160 Å². The number of anilines is 1. The van der Waals surface area contributed by atoms with Crippen molar-refractivity contribution < 1.29 is 170 Å². The molecule has 0 radical (unpaired) electrons. The molecule has 0 aromatic heterocycles. The quantitative estimate of drug-likeness (QED) is 0.00488. The molecule has 2 atom stereocenters. The van der Waals surface area contributed by atoms with Gasteiger partial charge in [0.1, 0.15) is 42.6 Å². The number of carboxylic acids is 3. The summed E-state index contributed by atoms with van der Waals surface area (Å²) in [6.07, 6.45) is 4.54. The third-order valence-electron chi connectivity index (χ3n) is 20.3. The number of nitrogens with zero attached hydrogens (tertiary/aromatic N) is 1. The van der Waals surface area contributed by atoms with Crippen molar-refractivity contribution in [1.29, 1.82) is 5.41 Å². The summed E-state index contributed by atoms with van der Waals surface area (Å²) in [5, 5.41) is 49.5. The minimum Gasteiger partial charge on any atom is -0.744 e. The van der Waals surface area contributed by atoms with Crippen molar-refractivity contribution in [2.75, 3.05) is 25.4 Å². The Bertz CT molecular complexity index is 7570. The zero-order valence-electron chi connectivity index (χ0n) is 68.9. The van der Waals surface area contributed by atoms with E-state index in [0.717, 1.165) is 118 Å². The van der Waals surface area contributed by atoms with Crippen LogP contribution in [0.4, 0.5) is 5.69 Å². The van der Waals surface area contributed by atoms with Crippen LogP contribution >= 0.6 is 0 Å². The second-order valence-corrected chi connectivity index (χ2v) is 35.7. The number of amides is 6. The van der Waals surface area contributed by atoms with Gasteiger partial charge in [0, 0.05) is 81.9 Å². The van der Waals surface area contributed by atoms with Crippen LogP contribution in [0.15, 0.2) is 164 Å². The van der Waals surface area contributed by atoms with Crippen molar-refractivity contribution >= 4 is 218 Å². The number of nitrogens with two attached hydrogens (primary N) is 4. The van der Waals surface area contributed by atoms with Crippen molar-refractivity contribution in [3.8, 4) is 28.2 Å². The Labute approximate surface area is 767 Å². The Hall–Kier alpha value is -14.2. The number of likely N-dealkylation sites (tertiary alicyclic amines) is 1. The van der Waals surface area contributed by atoms with Crippen LogP contribution in [0.2, 0.25) is 0 Å². The minimum absolute atomic E-state index is 0.0590. The maximum Gasteiger partial charge on any atom is 0.425 e. The van der Waals surface area contributed by atoms with Crippen molar-refractivity contribution in [1.82, 2.24) is 31.8 Å². The number of ether oxygens (including phenoxy) is 1. The number of aliphatic carboxylic acids is 2. The van der Waals surface area contributed by atoms with Gasteiger partial charge < -0.3 is 50.3 Å². The Kier molecular flexibility index (Phi) is 37.5. The number of benzene rings is 11. The van der Waals surface area contributed by atoms with Crippen LogP contribution < -0.4 is 60.3 Å². The number of hydrazine groups is 3. The number of aromatic carboxylic acids is 1. The average Bonchev–Trinajstić information content (AvgIpc) is 0.713. The van der Waals surface area contributed by atoms with E-state index in [1.165, 1.54) is 17.7 Å². The van der Waals surface area contributed by atoms with Crippen LogP contribution in [0.5, 0.6) is 5.75 Å². The number of nitrogen functional groups attached to an aromatic ring is 1. The summed E-state index contributed by atoms with van der Waals surface area (Å²) < 4.78 is 251. The summed E-state index contributed by atoms with van der Waals surface area (Å²) in [7, 11) is -31.9. The van der Waals surface area contributed by atoms with Crippen LogP contribution in [0, 0.1) is 11.3 Å². The van der Waals surface area contributed by atoms with Crippen molar-refractivity contribution in [2.24, 2.45) is 23.4 Å². The van der Waals surface area contributed by atoms with E-state index in [0.29, 0.717) is 59.6 Å². The maximum atomic E-state index is 13.0. The van der Waals surface area contributed by atoms with E-state index in [-0.39, 0.29) is 75.1 Å². The molecule has 20 N–H and O–H groups in total. The topological polar surface area (TPSA) is 853 Å². The van der Waals surface area contributed by atoms with Gasteiger partial charge in [0.25, 0.3) is 54.0 Å². The lowest BCUT2D eigenvalue weighted by atomic mass is 9.89. The second-order valence-electron chi connectivity index (χ2n) is 28.6. The predicted molar refractivity (Wildman–Crippen MR) is 467 cm³/mol. The van der Waals surface area contributed by atoms with Gasteiger partial charge in [-0.3, -0.25) is 73.7 Å². The monoisotopic (exact) mass is 2030 g/mol. The van der Waals surface area contributed by atoms with Crippen LogP contribution in [-0.2, 0) is 123 Å². The van der Waals surface area contributed by atoms with E-state index < -0.39 is 187 Å². The number of hydrogen-bond acceptors (Lipinski definition) is 37. The number of aryl methyl sites for hydroxylation is 1. The first kappa shape index (κ1) is 108. The molecule has 1 aliphatic carbocycles. The lowest BCUT2D eigenvalue weighted by Gasteiger charge is -2.32. The third kappa shape index (κ3) is 28.7. The maximum absolute atomic E-state index is 13.0.